The van der Waals surface area contributed by atoms with Gasteiger partial charge in [-0.1, -0.05) is 102 Å². The van der Waals surface area contributed by atoms with Crippen molar-refractivity contribution in [3.05, 3.63) is 130 Å². The quantitative estimate of drug-likeness (QED) is 0.181. The molecule has 1 unspecified atom stereocenters. The van der Waals surface area contributed by atoms with Crippen molar-refractivity contribution in [2.45, 2.75) is 69.5 Å². The second kappa shape index (κ2) is 15.0. The van der Waals surface area contributed by atoms with Crippen molar-refractivity contribution in [3.8, 4) is 0 Å². The highest BCUT2D eigenvalue weighted by atomic mass is 35.5. The van der Waals surface area contributed by atoms with Gasteiger partial charge in [0.05, 0.1) is 10.6 Å². The second-order valence-corrected chi connectivity index (χ2v) is 14.3. The minimum Gasteiger partial charge on any atom is -0.352 e. The number of sulfonamides is 1. The van der Waals surface area contributed by atoms with Crippen LogP contribution >= 0.6 is 11.6 Å². The number of aryl methyl sites for hydroxylation is 2. The van der Waals surface area contributed by atoms with E-state index >= 15 is 0 Å². The third kappa shape index (κ3) is 8.36. The molecule has 9 heteroatoms. The molecule has 0 radical (unpaired) electrons. The zero-order chi connectivity index (χ0) is 32.7. The summed E-state index contributed by atoms with van der Waals surface area (Å²) in [4.78, 5) is 30.3. The summed E-state index contributed by atoms with van der Waals surface area (Å²) >= 11 is 6.34. The lowest BCUT2D eigenvalue weighted by Crippen LogP contribution is -2.54. The summed E-state index contributed by atoms with van der Waals surface area (Å²) in [6.45, 7) is 3.37. The highest BCUT2D eigenvalue weighted by molar-refractivity contribution is 7.92. The number of carbonyl (C=O) groups excluding carboxylic acids is 2. The van der Waals surface area contributed by atoms with Gasteiger partial charge in [0.2, 0.25) is 11.8 Å². The third-order valence-electron chi connectivity index (χ3n) is 8.42. The van der Waals surface area contributed by atoms with Gasteiger partial charge >= 0.3 is 0 Å². The molecule has 1 aliphatic carbocycles. The van der Waals surface area contributed by atoms with Crippen LogP contribution < -0.4 is 9.62 Å². The van der Waals surface area contributed by atoms with Crippen LogP contribution in [0.3, 0.4) is 0 Å². The monoisotopic (exact) mass is 657 g/mol. The first kappa shape index (κ1) is 33.2. The van der Waals surface area contributed by atoms with Crippen LogP contribution in [0.5, 0.6) is 0 Å². The van der Waals surface area contributed by atoms with Crippen LogP contribution in [0.4, 0.5) is 5.69 Å². The van der Waals surface area contributed by atoms with Crippen LogP contribution in [-0.4, -0.2) is 43.8 Å². The maximum absolute atomic E-state index is 14.6. The number of nitrogens with one attached hydrogen (secondary N) is 1. The molecule has 7 nitrogen and oxygen atoms in total. The number of nitrogens with zero attached hydrogens (tertiary/aromatic N) is 2. The first-order valence-electron chi connectivity index (χ1n) is 15.6. The van der Waals surface area contributed by atoms with E-state index in [1.807, 2.05) is 62.4 Å². The average molecular weight is 658 g/mol. The fraction of sp³-hybridized carbons (Fsp3) is 0.297. The van der Waals surface area contributed by atoms with Crippen LogP contribution in [-0.2, 0) is 32.6 Å². The number of benzene rings is 4. The molecule has 2 amide bonds. The van der Waals surface area contributed by atoms with Crippen molar-refractivity contribution in [2.24, 2.45) is 0 Å². The predicted molar refractivity (Wildman–Crippen MR) is 183 cm³/mol. The molecule has 1 saturated carbocycles. The lowest BCUT2D eigenvalue weighted by Gasteiger charge is -2.34. The lowest BCUT2D eigenvalue weighted by atomic mass is 10.0. The highest BCUT2D eigenvalue weighted by Gasteiger charge is 2.35. The van der Waals surface area contributed by atoms with Crippen LogP contribution in [0.1, 0.15) is 47.9 Å². The molecule has 1 N–H and O–H groups in total. The molecular formula is C37H40ClN3O4S. The normalized spacial score (nSPS) is 14.1. The van der Waals surface area contributed by atoms with E-state index in [0.29, 0.717) is 10.7 Å². The number of hydrogen-bond donors (Lipinski definition) is 1. The molecule has 0 bridgehead atoms. The van der Waals surface area contributed by atoms with Crippen LogP contribution in [0.15, 0.2) is 108 Å². The molecule has 1 fully saturated rings. The van der Waals surface area contributed by atoms with Gasteiger partial charge in [-0.15, -0.1) is 0 Å². The van der Waals surface area contributed by atoms with Crippen molar-refractivity contribution < 1.29 is 18.0 Å². The van der Waals surface area contributed by atoms with Gasteiger partial charge in [-0.2, -0.15) is 0 Å². The molecular weight excluding hydrogens is 618 g/mol. The van der Waals surface area contributed by atoms with E-state index in [2.05, 4.69) is 5.32 Å². The molecule has 0 aromatic heterocycles. The Morgan fingerprint density at radius 2 is 1.43 bits per heavy atom. The molecule has 0 spiro atoms. The number of rotatable bonds is 12. The molecule has 0 aliphatic heterocycles. The van der Waals surface area contributed by atoms with Crippen molar-refractivity contribution in [1.29, 1.82) is 0 Å². The number of hydrogen-bond acceptors (Lipinski definition) is 4. The Kier molecular flexibility index (Phi) is 10.8. The molecule has 0 heterocycles. The van der Waals surface area contributed by atoms with Gasteiger partial charge < -0.3 is 10.2 Å². The topological polar surface area (TPSA) is 86.8 Å². The highest BCUT2D eigenvalue weighted by Crippen LogP contribution is 2.26. The molecule has 0 saturated heterocycles. The Morgan fingerprint density at radius 1 is 0.826 bits per heavy atom. The Bertz CT molecular complexity index is 1740. The summed E-state index contributed by atoms with van der Waals surface area (Å²) in [7, 11) is -4.15. The maximum atomic E-state index is 14.6. The Labute approximate surface area is 277 Å². The van der Waals surface area contributed by atoms with Crippen molar-refractivity contribution in [1.82, 2.24) is 10.2 Å². The van der Waals surface area contributed by atoms with Crippen molar-refractivity contribution in [3.63, 3.8) is 0 Å². The van der Waals surface area contributed by atoms with E-state index in [1.54, 1.807) is 54.6 Å². The average Bonchev–Trinajstić information content (AvgIpc) is 3.55. The number of anilines is 1. The summed E-state index contributed by atoms with van der Waals surface area (Å²) in [5, 5.41) is 3.70. The SMILES string of the molecule is Cc1ccc(N(CC(=O)N(Cc2cccc(Cl)c2)C(Cc2ccccc2)C(=O)NC2CCCC2)S(=O)(=O)c2ccc(C)cc2)cc1. The summed E-state index contributed by atoms with van der Waals surface area (Å²) in [5.41, 5.74) is 3.85. The van der Waals surface area contributed by atoms with E-state index in [1.165, 1.54) is 4.90 Å². The molecule has 1 atom stereocenters. The minimum atomic E-state index is -4.15. The van der Waals surface area contributed by atoms with Crippen molar-refractivity contribution in [2.75, 3.05) is 10.8 Å². The number of carbonyl (C=O) groups is 2. The Morgan fingerprint density at radius 3 is 2.07 bits per heavy atom. The second-order valence-electron chi connectivity index (χ2n) is 12.0. The summed E-state index contributed by atoms with van der Waals surface area (Å²) in [5.74, 6) is -0.756. The lowest BCUT2D eigenvalue weighted by molar-refractivity contribution is -0.140. The van der Waals surface area contributed by atoms with Gasteiger partial charge in [0.1, 0.15) is 12.6 Å². The van der Waals surface area contributed by atoms with Gasteiger partial charge in [0.25, 0.3) is 10.0 Å². The Hall–Kier alpha value is -4.14. The van der Waals surface area contributed by atoms with E-state index in [4.69, 9.17) is 11.6 Å². The van der Waals surface area contributed by atoms with Crippen LogP contribution in [0.2, 0.25) is 5.02 Å². The van der Waals surface area contributed by atoms with Crippen molar-refractivity contribution >= 4 is 39.1 Å². The van der Waals surface area contributed by atoms with E-state index in [-0.39, 0.29) is 29.8 Å². The number of halogens is 1. The molecule has 4 aromatic carbocycles. The zero-order valence-electron chi connectivity index (χ0n) is 26.2. The van der Waals surface area contributed by atoms with E-state index < -0.39 is 28.5 Å². The predicted octanol–water partition coefficient (Wildman–Crippen LogP) is 6.85. The van der Waals surface area contributed by atoms with Gasteiger partial charge in [-0.3, -0.25) is 13.9 Å². The van der Waals surface area contributed by atoms with E-state index in [9.17, 15) is 18.0 Å². The summed E-state index contributed by atoms with van der Waals surface area (Å²) < 4.78 is 29.5. The van der Waals surface area contributed by atoms with Gasteiger partial charge in [-0.05, 0) is 74.2 Å². The molecule has 5 rings (SSSR count). The standard InChI is InChI=1S/C37H40ClN3O4S/c1-27-15-19-33(20-16-27)41(46(44,45)34-21-17-28(2)18-22-34)26-36(42)40(25-30-11-8-12-31(38)23-30)35(24-29-9-4-3-5-10-29)37(43)39-32-13-6-7-14-32/h3-5,8-12,15-23,32,35H,6-7,13-14,24-26H2,1-2H3,(H,39,43). The van der Waals surface area contributed by atoms with Gasteiger partial charge in [0.15, 0.2) is 0 Å². The molecule has 4 aromatic rings. The summed E-state index contributed by atoms with van der Waals surface area (Å²) in [6, 6.07) is 29.5. The summed E-state index contributed by atoms with van der Waals surface area (Å²) in [6.07, 6.45) is 4.13. The fourth-order valence-corrected chi connectivity index (χ4v) is 7.46. The van der Waals surface area contributed by atoms with Gasteiger partial charge in [-0.25, -0.2) is 8.42 Å². The molecule has 1 aliphatic rings. The molecule has 46 heavy (non-hydrogen) atoms. The van der Waals surface area contributed by atoms with Gasteiger partial charge in [0, 0.05) is 24.0 Å². The van der Waals surface area contributed by atoms with Crippen LogP contribution in [0.25, 0.3) is 0 Å². The smallest absolute Gasteiger partial charge is 0.264 e. The Balaban J connectivity index is 1.56. The largest absolute Gasteiger partial charge is 0.352 e. The third-order valence-corrected chi connectivity index (χ3v) is 10.4. The van der Waals surface area contributed by atoms with E-state index in [0.717, 1.165) is 52.2 Å². The number of amides is 2. The first-order valence-corrected chi connectivity index (χ1v) is 17.5. The maximum Gasteiger partial charge on any atom is 0.264 e. The fourth-order valence-electron chi connectivity index (χ4n) is 5.83. The van der Waals surface area contributed by atoms with Crippen LogP contribution in [0, 0.1) is 13.8 Å². The zero-order valence-corrected chi connectivity index (χ0v) is 27.8. The minimum absolute atomic E-state index is 0.0415. The first-order chi connectivity index (χ1) is 22.1. The molecule has 240 valence electrons.